The first-order chi connectivity index (χ1) is 8.24. The van der Waals surface area contributed by atoms with Gasteiger partial charge in [0, 0.05) is 12.1 Å². The van der Waals surface area contributed by atoms with Crippen LogP contribution >= 0.6 is 0 Å². The number of benzene rings is 1. The van der Waals surface area contributed by atoms with Gasteiger partial charge in [-0.1, -0.05) is 0 Å². The van der Waals surface area contributed by atoms with Crippen LogP contribution in [0.4, 0.5) is 5.69 Å². The number of ether oxygens (including phenoxy) is 1. The van der Waals surface area contributed by atoms with Gasteiger partial charge in [-0.2, -0.15) is 0 Å². The Morgan fingerprint density at radius 2 is 2.17 bits per heavy atom. The first-order valence-corrected chi connectivity index (χ1v) is 5.07. The van der Waals surface area contributed by atoms with Gasteiger partial charge in [0.15, 0.2) is 5.60 Å². The van der Waals surface area contributed by atoms with Crippen molar-refractivity contribution < 1.29 is 24.7 Å². The number of carboxylic acid groups (broad SMARTS) is 1. The highest BCUT2D eigenvalue weighted by Gasteiger charge is 2.31. The van der Waals surface area contributed by atoms with Gasteiger partial charge in [-0.05, 0) is 25.5 Å². The summed E-state index contributed by atoms with van der Waals surface area (Å²) in [7, 11) is 0. The standard InChI is InChI=1S/C11H13NO6/c1-7-5-8(12(16)17)3-4-9(7)18-6-11(2,15)10(13)14/h3-5,15H,6H2,1-2H3,(H,13,14). The van der Waals surface area contributed by atoms with Crippen LogP contribution < -0.4 is 4.74 Å². The molecule has 2 N–H and O–H groups in total. The predicted octanol–water partition coefficient (Wildman–Crippen LogP) is 1.12. The maximum atomic E-state index is 10.7. The summed E-state index contributed by atoms with van der Waals surface area (Å²) >= 11 is 0. The zero-order chi connectivity index (χ0) is 13.9. The molecule has 0 aromatic heterocycles. The van der Waals surface area contributed by atoms with Gasteiger partial charge in [0.05, 0.1) is 4.92 Å². The minimum absolute atomic E-state index is 0.0788. The van der Waals surface area contributed by atoms with Crippen molar-refractivity contribution >= 4 is 11.7 Å². The van der Waals surface area contributed by atoms with Crippen LogP contribution in [0.15, 0.2) is 18.2 Å². The molecule has 18 heavy (non-hydrogen) atoms. The van der Waals surface area contributed by atoms with E-state index in [9.17, 15) is 20.0 Å². The molecule has 0 aliphatic heterocycles. The number of nitrogens with zero attached hydrogens (tertiary/aromatic N) is 1. The third-order valence-electron chi connectivity index (χ3n) is 2.34. The predicted molar refractivity (Wildman–Crippen MR) is 61.6 cm³/mol. The molecule has 1 unspecified atom stereocenters. The minimum Gasteiger partial charge on any atom is -0.490 e. The molecule has 0 heterocycles. The summed E-state index contributed by atoms with van der Waals surface area (Å²) in [6, 6.07) is 3.92. The van der Waals surface area contributed by atoms with Gasteiger partial charge in [0.2, 0.25) is 0 Å². The van der Waals surface area contributed by atoms with Crippen LogP contribution in [0.1, 0.15) is 12.5 Å². The number of hydrogen-bond acceptors (Lipinski definition) is 5. The highest BCUT2D eigenvalue weighted by molar-refractivity contribution is 5.76. The molecule has 0 fully saturated rings. The quantitative estimate of drug-likeness (QED) is 0.602. The minimum atomic E-state index is -2.01. The number of nitro groups is 1. The number of rotatable bonds is 5. The van der Waals surface area contributed by atoms with E-state index in [1.54, 1.807) is 6.92 Å². The normalized spacial score (nSPS) is 13.7. The van der Waals surface area contributed by atoms with E-state index < -0.39 is 23.1 Å². The number of carboxylic acids is 1. The molecule has 1 aromatic carbocycles. The first kappa shape index (κ1) is 13.9. The third kappa shape index (κ3) is 3.17. The number of aryl methyl sites for hydroxylation is 1. The zero-order valence-electron chi connectivity index (χ0n) is 9.91. The summed E-state index contributed by atoms with van der Waals surface area (Å²) in [6.07, 6.45) is 0. The van der Waals surface area contributed by atoms with Gasteiger partial charge in [-0.25, -0.2) is 4.79 Å². The molecule has 1 rings (SSSR count). The van der Waals surface area contributed by atoms with Crippen molar-refractivity contribution in [2.75, 3.05) is 6.61 Å². The lowest BCUT2D eigenvalue weighted by Crippen LogP contribution is -2.41. The highest BCUT2D eigenvalue weighted by atomic mass is 16.6. The highest BCUT2D eigenvalue weighted by Crippen LogP contribution is 2.24. The van der Waals surface area contributed by atoms with Crippen LogP contribution in [0, 0.1) is 17.0 Å². The number of non-ortho nitro benzene ring substituents is 1. The van der Waals surface area contributed by atoms with Crippen molar-refractivity contribution in [1.29, 1.82) is 0 Å². The smallest absolute Gasteiger partial charge is 0.339 e. The van der Waals surface area contributed by atoms with Gasteiger partial charge >= 0.3 is 5.97 Å². The molecule has 0 bridgehead atoms. The van der Waals surface area contributed by atoms with E-state index >= 15 is 0 Å². The third-order valence-corrected chi connectivity index (χ3v) is 2.34. The second kappa shape index (κ2) is 5.01. The SMILES string of the molecule is Cc1cc([N+](=O)[O-])ccc1OCC(C)(O)C(=O)O. The second-order valence-electron chi connectivity index (χ2n) is 4.07. The van der Waals surface area contributed by atoms with Crippen molar-refractivity contribution in [3.8, 4) is 5.75 Å². The molecule has 0 aliphatic carbocycles. The lowest BCUT2D eigenvalue weighted by atomic mass is 10.1. The Balaban J connectivity index is 2.81. The molecule has 1 atom stereocenters. The van der Waals surface area contributed by atoms with Crippen LogP contribution in [-0.2, 0) is 4.79 Å². The summed E-state index contributed by atoms with van der Waals surface area (Å²) in [5, 5.41) is 28.7. The Morgan fingerprint density at radius 3 is 2.61 bits per heavy atom. The molecular formula is C11H13NO6. The molecule has 1 aromatic rings. The van der Waals surface area contributed by atoms with Crippen molar-refractivity contribution in [2.45, 2.75) is 19.4 Å². The molecule has 0 amide bonds. The summed E-state index contributed by atoms with van der Waals surface area (Å²) in [5.74, 6) is -1.11. The fraction of sp³-hybridized carbons (Fsp3) is 0.364. The van der Waals surface area contributed by atoms with Crippen LogP contribution in [0.25, 0.3) is 0 Å². The molecule has 0 aliphatic rings. The van der Waals surface area contributed by atoms with E-state index in [2.05, 4.69) is 0 Å². The number of aliphatic carboxylic acids is 1. The Bertz CT molecular complexity index is 482. The Labute approximate surface area is 103 Å². The van der Waals surface area contributed by atoms with Crippen molar-refractivity contribution in [3.63, 3.8) is 0 Å². The lowest BCUT2D eigenvalue weighted by Gasteiger charge is -2.19. The Hall–Kier alpha value is -2.15. The van der Waals surface area contributed by atoms with E-state index in [0.29, 0.717) is 11.3 Å². The van der Waals surface area contributed by atoms with Crippen molar-refractivity contribution in [1.82, 2.24) is 0 Å². The van der Waals surface area contributed by atoms with Gasteiger partial charge in [-0.3, -0.25) is 10.1 Å². The molecular weight excluding hydrogens is 242 g/mol. The molecule has 0 spiro atoms. The Morgan fingerprint density at radius 1 is 1.56 bits per heavy atom. The first-order valence-electron chi connectivity index (χ1n) is 5.07. The van der Waals surface area contributed by atoms with E-state index in [0.717, 1.165) is 6.92 Å². The lowest BCUT2D eigenvalue weighted by molar-refractivity contribution is -0.384. The Kier molecular flexibility index (Phi) is 3.87. The molecule has 7 heteroatoms. The van der Waals surface area contributed by atoms with E-state index in [4.69, 9.17) is 9.84 Å². The summed E-state index contributed by atoms with van der Waals surface area (Å²) < 4.78 is 5.14. The van der Waals surface area contributed by atoms with Crippen LogP contribution in [-0.4, -0.2) is 33.3 Å². The number of carbonyl (C=O) groups is 1. The van der Waals surface area contributed by atoms with E-state index in [1.807, 2.05) is 0 Å². The maximum absolute atomic E-state index is 10.7. The molecule has 98 valence electrons. The second-order valence-corrected chi connectivity index (χ2v) is 4.07. The van der Waals surface area contributed by atoms with Crippen molar-refractivity contribution in [3.05, 3.63) is 33.9 Å². The van der Waals surface area contributed by atoms with Crippen molar-refractivity contribution in [2.24, 2.45) is 0 Å². The molecule has 0 radical (unpaired) electrons. The van der Waals surface area contributed by atoms with Crippen LogP contribution in [0.3, 0.4) is 0 Å². The number of nitro benzene ring substituents is 1. The average Bonchev–Trinajstić information content (AvgIpc) is 2.26. The van der Waals surface area contributed by atoms with Gasteiger partial charge in [0.1, 0.15) is 12.4 Å². The molecule has 0 saturated carbocycles. The van der Waals surface area contributed by atoms with E-state index in [1.165, 1.54) is 18.2 Å². The average molecular weight is 255 g/mol. The monoisotopic (exact) mass is 255 g/mol. The van der Waals surface area contributed by atoms with Crippen LogP contribution in [0.2, 0.25) is 0 Å². The molecule has 0 saturated heterocycles. The maximum Gasteiger partial charge on any atom is 0.339 e. The number of aliphatic hydroxyl groups is 1. The fourth-order valence-electron chi connectivity index (χ4n) is 1.19. The largest absolute Gasteiger partial charge is 0.490 e. The summed E-state index contributed by atoms with van der Waals surface area (Å²) in [4.78, 5) is 20.6. The van der Waals surface area contributed by atoms with Gasteiger partial charge in [-0.15, -0.1) is 0 Å². The van der Waals surface area contributed by atoms with Gasteiger partial charge in [0.25, 0.3) is 5.69 Å². The number of hydrogen-bond donors (Lipinski definition) is 2. The zero-order valence-corrected chi connectivity index (χ0v) is 9.91. The molecule has 7 nitrogen and oxygen atoms in total. The fourth-order valence-corrected chi connectivity index (χ4v) is 1.19. The van der Waals surface area contributed by atoms with E-state index in [-0.39, 0.29) is 5.69 Å². The summed E-state index contributed by atoms with van der Waals surface area (Å²) in [5.41, 5.74) is -1.59. The topological polar surface area (TPSA) is 110 Å². The van der Waals surface area contributed by atoms with Gasteiger partial charge < -0.3 is 14.9 Å². The summed E-state index contributed by atoms with van der Waals surface area (Å²) in [6.45, 7) is 2.26. The van der Waals surface area contributed by atoms with Crippen LogP contribution in [0.5, 0.6) is 5.75 Å².